The number of piperazine rings is 1. The summed E-state index contributed by atoms with van der Waals surface area (Å²) in [6.07, 6.45) is 1.85. The van der Waals surface area contributed by atoms with Gasteiger partial charge in [-0.05, 0) is 24.1 Å². The molecule has 0 radical (unpaired) electrons. The fraction of sp³-hybridized carbons (Fsp3) is 0.286. The van der Waals surface area contributed by atoms with E-state index in [-0.39, 0.29) is 12.4 Å². The molecule has 3 aromatic rings. The molecule has 0 spiro atoms. The summed E-state index contributed by atoms with van der Waals surface area (Å²) in [5.41, 5.74) is 2.23. The van der Waals surface area contributed by atoms with Gasteiger partial charge in [0, 0.05) is 38.1 Å². The number of aromatic nitrogens is 2. The summed E-state index contributed by atoms with van der Waals surface area (Å²) in [4.78, 5) is 24.4. The molecule has 0 aliphatic carbocycles. The Kier molecular flexibility index (Phi) is 6.66. The summed E-state index contributed by atoms with van der Waals surface area (Å²) in [6.45, 7) is 3.72. The van der Waals surface area contributed by atoms with Crippen molar-refractivity contribution in [3.8, 4) is 0 Å². The summed E-state index contributed by atoms with van der Waals surface area (Å²) in [5, 5.41) is 4.52. The smallest absolute Gasteiger partial charge is 0.228 e. The number of para-hydroxylation sites is 1. The number of nitrogens with one attached hydrogen (secondary N) is 1. The highest BCUT2D eigenvalue weighted by molar-refractivity contribution is 5.90. The standard InChI is InChI=1S/C21H23N5O.ClH/c27-16-25-12-14-26(15-13-25)21-23-19-9-5-4-8-18(19)20(24-21)22-11-10-17-6-2-1-3-7-17;/h1-9,16H,10-15H2,(H,22,23,24);1H. The predicted octanol–water partition coefficient (Wildman–Crippen LogP) is 2.98. The normalized spacial score (nSPS) is 13.9. The van der Waals surface area contributed by atoms with E-state index in [0.717, 1.165) is 55.1 Å². The second kappa shape index (κ2) is 9.37. The zero-order valence-corrected chi connectivity index (χ0v) is 16.4. The molecule has 0 saturated carbocycles. The maximum Gasteiger partial charge on any atom is 0.228 e. The highest BCUT2D eigenvalue weighted by Crippen LogP contribution is 2.24. The molecule has 1 N–H and O–H groups in total. The Morgan fingerprint density at radius 2 is 1.64 bits per heavy atom. The molecule has 1 aliphatic heterocycles. The van der Waals surface area contributed by atoms with Gasteiger partial charge in [-0.3, -0.25) is 4.79 Å². The number of halogens is 1. The van der Waals surface area contributed by atoms with E-state index in [1.165, 1.54) is 5.56 Å². The first-order chi connectivity index (χ1) is 13.3. The van der Waals surface area contributed by atoms with Crippen molar-refractivity contribution in [2.24, 2.45) is 0 Å². The van der Waals surface area contributed by atoms with E-state index in [9.17, 15) is 4.79 Å². The van der Waals surface area contributed by atoms with E-state index in [0.29, 0.717) is 13.1 Å². The Labute approximate surface area is 171 Å². The third-order valence-electron chi connectivity index (χ3n) is 4.89. The van der Waals surface area contributed by atoms with Gasteiger partial charge in [0.15, 0.2) is 0 Å². The number of carbonyl (C=O) groups is 1. The lowest BCUT2D eigenvalue weighted by Crippen LogP contribution is -2.46. The van der Waals surface area contributed by atoms with Crippen molar-refractivity contribution in [1.82, 2.24) is 14.9 Å². The topological polar surface area (TPSA) is 61.4 Å². The number of benzene rings is 2. The van der Waals surface area contributed by atoms with Gasteiger partial charge in [0.25, 0.3) is 0 Å². The molecule has 1 amide bonds. The van der Waals surface area contributed by atoms with Gasteiger partial charge in [0.2, 0.25) is 12.4 Å². The average Bonchev–Trinajstić information content (AvgIpc) is 2.74. The monoisotopic (exact) mass is 397 g/mol. The van der Waals surface area contributed by atoms with Crippen LogP contribution in [0.2, 0.25) is 0 Å². The molecule has 7 heteroatoms. The maximum absolute atomic E-state index is 10.9. The largest absolute Gasteiger partial charge is 0.369 e. The van der Waals surface area contributed by atoms with Crippen LogP contribution in [0.1, 0.15) is 5.56 Å². The number of nitrogens with zero attached hydrogens (tertiary/aromatic N) is 4. The minimum atomic E-state index is 0. The molecular weight excluding hydrogens is 374 g/mol. The van der Waals surface area contributed by atoms with Crippen molar-refractivity contribution in [2.75, 3.05) is 42.9 Å². The maximum atomic E-state index is 10.9. The third-order valence-corrected chi connectivity index (χ3v) is 4.89. The van der Waals surface area contributed by atoms with Gasteiger partial charge in [-0.1, -0.05) is 42.5 Å². The molecule has 0 bridgehead atoms. The van der Waals surface area contributed by atoms with E-state index in [1.807, 2.05) is 30.3 Å². The predicted molar refractivity (Wildman–Crippen MR) is 115 cm³/mol. The number of anilines is 2. The van der Waals surface area contributed by atoms with Crippen LogP contribution in [0.5, 0.6) is 0 Å². The minimum Gasteiger partial charge on any atom is -0.369 e. The van der Waals surface area contributed by atoms with E-state index in [1.54, 1.807) is 4.90 Å². The Morgan fingerprint density at radius 3 is 2.39 bits per heavy atom. The molecule has 2 heterocycles. The van der Waals surface area contributed by atoms with Crippen molar-refractivity contribution in [3.63, 3.8) is 0 Å². The van der Waals surface area contributed by atoms with Crippen LogP contribution in [-0.4, -0.2) is 54.0 Å². The number of carbonyl (C=O) groups excluding carboxylic acids is 1. The van der Waals surface area contributed by atoms with Gasteiger partial charge in [-0.15, -0.1) is 12.4 Å². The molecule has 146 valence electrons. The number of hydrogen-bond donors (Lipinski definition) is 1. The first kappa shape index (κ1) is 19.9. The van der Waals surface area contributed by atoms with Crippen molar-refractivity contribution >= 4 is 41.5 Å². The van der Waals surface area contributed by atoms with Gasteiger partial charge in [0.05, 0.1) is 5.52 Å². The highest BCUT2D eigenvalue weighted by atomic mass is 35.5. The van der Waals surface area contributed by atoms with Gasteiger partial charge in [-0.25, -0.2) is 4.98 Å². The molecule has 4 rings (SSSR count). The van der Waals surface area contributed by atoms with Gasteiger partial charge < -0.3 is 15.1 Å². The van der Waals surface area contributed by atoms with Crippen LogP contribution in [0.15, 0.2) is 54.6 Å². The van der Waals surface area contributed by atoms with Crippen molar-refractivity contribution in [1.29, 1.82) is 0 Å². The lowest BCUT2D eigenvalue weighted by Gasteiger charge is -2.32. The van der Waals surface area contributed by atoms with Gasteiger partial charge in [-0.2, -0.15) is 4.98 Å². The van der Waals surface area contributed by atoms with Gasteiger partial charge in [0.1, 0.15) is 5.82 Å². The first-order valence-corrected chi connectivity index (χ1v) is 9.32. The van der Waals surface area contributed by atoms with Crippen LogP contribution in [0, 0.1) is 0 Å². The Bertz CT molecular complexity index is 913. The van der Waals surface area contributed by atoms with Crippen LogP contribution >= 0.6 is 12.4 Å². The molecule has 0 unspecified atom stereocenters. The zero-order valence-electron chi connectivity index (χ0n) is 15.6. The Balaban J connectivity index is 0.00000225. The van der Waals surface area contributed by atoms with Crippen LogP contribution in [0.4, 0.5) is 11.8 Å². The van der Waals surface area contributed by atoms with E-state index in [2.05, 4.69) is 34.5 Å². The lowest BCUT2D eigenvalue weighted by molar-refractivity contribution is -0.118. The summed E-state index contributed by atoms with van der Waals surface area (Å²) >= 11 is 0. The Hall–Kier alpha value is -2.86. The van der Waals surface area contributed by atoms with Crippen molar-refractivity contribution in [3.05, 3.63) is 60.2 Å². The fourth-order valence-corrected chi connectivity index (χ4v) is 3.34. The zero-order chi connectivity index (χ0) is 18.5. The summed E-state index contributed by atoms with van der Waals surface area (Å²) < 4.78 is 0. The second-order valence-corrected chi connectivity index (χ2v) is 6.68. The van der Waals surface area contributed by atoms with E-state index < -0.39 is 0 Å². The molecular formula is C21H24ClN5O. The molecule has 1 aliphatic rings. The van der Waals surface area contributed by atoms with Crippen LogP contribution in [0.3, 0.4) is 0 Å². The van der Waals surface area contributed by atoms with Crippen LogP contribution in [-0.2, 0) is 11.2 Å². The lowest BCUT2D eigenvalue weighted by atomic mass is 10.1. The molecule has 2 aromatic carbocycles. The molecule has 1 saturated heterocycles. The average molecular weight is 398 g/mol. The SMILES string of the molecule is Cl.O=CN1CCN(c2nc(NCCc3ccccc3)c3ccccc3n2)CC1. The first-order valence-electron chi connectivity index (χ1n) is 9.32. The summed E-state index contributed by atoms with van der Waals surface area (Å²) in [7, 11) is 0. The van der Waals surface area contributed by atoms with Crippen molar-refractivity contribution < 1.29 is 4.79 Å². The third kappa shape index (κ3) is 4.51. The van der Waals surface area contributed by atoms with E-state index in [4.69, 9.17) is 9.97 Å². The quantitative estimate of drug-likeness (QED) is 0.648. The highest BCUT2D eigenvalue weighted by Gasteiger charge is 2.19. The second-order valence-electron chi connectivity index (χ2n) is 6.68. The fourth-order valence-electron chi connectivity index (χ4n) is 3.34. The number of fused-ring (bicyclic) bond motifs is 1. The Morgan fingerprint density at radius 1 is 0.929 bits per heavy atom. The molecule has 1 aromatic heterocycles. The summed E-state index contributed by atoms with van der Waals surface area (Å²) in [5.74, 6) is 1.59. The molecule has 0 atom stereocenters. The summed E-state index contributed by atoms with van der Waals surface area (Å²) in [6, 6.07) is 18.5. The van der Waals surface area contributed by atoms with Gasteiger partial charge >= 0.3 is 0 Å². The van der Waals surface area contributed by atoms with Crippen LogP contribution < -0.4 is 10.2 Å². The van der Waals surface area contributed by atoms with Crippen LogP contribution in [0.25, 0.3) is 10.9 Å². The number of hydrogen-bond acceptors (Lipinski definition) is 5. The molecule has 28 heavy (non-hydrogen) atoms. The number of rotatable bonds is 6. The molecule has 6 nitrogen and oxygen atoms in total. The molecule has 1 fully saturated rings. The van der Waals surface area contributed by atoms with Crippen molar-refractivity contribution in [2.45, 2.75) is 6.42 Å². The van der Waals surface area contributed by atoms with E-state index >= 15 is 0 Å². The minimum absolute atomic E-state index is 0. The number of amides is 1.